The predicted molar refractivity (Wildman–Crippen MR) is 108 cm³/mol. The molecular weight excluding hydrogens is 363 g/mol. The molecule has 2 aromatic carbocycles. The van der Waals surface area contributed by atoms with Crippen molar-refractivity contribution in [3.8, 4) is 5.75 Å². The summed E-state index contributed by atoms with van der Waals surface area (Å²) in [7, 11) is 0. The molecule has 142 valence electrons. The lowest BCUT2D eigenvalue weighted by Crippen LogP contribution is -2.15. The second-order valence-corrected chi connectivity index (χ2v) is 7.28. The van der Waals surface area contributed by atoms with Crippen LogP contribution >= 0.6 is 11.3 Å². The van der Waals surface area contributed by atoms with Gasteiger partial charge < -0.3 is 10.1 Å². The van der Waals surface area contributed by atoms with Crippen LogP contribution in [0, 0.1) is 5.82 Å². The third kappa shape index (κ3) is 5.26. The zero-order valence-corrected chi connectivity index (χ0v) is 16.2. The summed E-state index contributed by atoms with van der Waals surface area (Å²) in [6.45, 7) is 2.63. The number of ether oxygens (including phenoxy) is 1. The van der Waals surface area contributed by atoms with Crippen molar-refractivity contribution in [3.05, 3.63) is 53.3 Å². The number of benzene rings is 2. The molecular formula is C21H23FN2O2S. The van der Waals surface area contributed by atoms with Gasteiger partial charge in [-0.25, -0.2) is 9.37 Å². The molecule has 6 heteroatoms. The van der Waals surface area contributed by atoms with E-state index in [0.717, 1.165) is 35.9 Å². The lowest BCUT2D eigenvalue weighted by molar-refractivity contribution is -0.115. The third-order valence-electron chi connectivity index (χ3n) is 4.26. The number of rotatable bonds is 9. The Balaban J connectivity index is 1.59. The number of unbranched alkanes of at least 4 members (excludes halogenated alkanes) is 3. The number of anilines is 1. The molecule has 4 nitrogen and oxygen atoms in total. The number of nitrogens with one attached hydrogen (secondary N) is 1. The number of thiazole rings is 1. The average molecular weight is 386 g/mol. The van der Waals surface area contributed by atoms with Gasteiger partial charge in [-0.1, -0.05) is 38.3 Å². The van der Waals surface area contributed by atoms with Crippen LogP contribution in [0.25, 0.3) is 10.2 Å². The Labute approximate surface area is 162 Å². The zero-order chi connectivity index (χ0) is 19.1. The lowest BCUT2D eigenvalue weighted by Gasteiger charge is -2.11. The van der Waals surface area contributed by atoms with Gasteiger partial charge in [0.1, 0.15) is 0 Å². The highest BCUT2D eigenvalue weighted by molar-refractivity contribution is 7.16. The van der Waals surface area contributed by atoms with Gasteiger partial charge in [-0.2, -0.15) is 0 Å². The van der Waals surface area contributed by atoms with E-state index in [0.29, 0.717) is 17.9 Å². The van der Waals surface area contributed by atoms with E-state index >= 15 is 0 Å². The molecule has 0 atom stereocenters. The second kappa shape index (κ2) is 9.46. The Morgan fingerprint density at radius 3 is 2.96 bits per heavy atom. The summed E-state index contributed by atoms with van der Waals surface area (Å²) in [5, 5.41) is 2.82. The number of carbonyl (C=O) groups excluding carboxylic acids is 1. The molecule has 0 spiro atoms. The number of halogens is 1. The van der Waals surface area contributed by atoms with Crippen LogP contribution in [0.1, 0.15) is 38.2 Å². The van der Waals surface area contributed by atoms with Crippen LogP contribution in [0.15, 0.2) is 41.9 Å². The number of fused-ring (bicyclic) bond motifs is 1. The lowest BCUT2D eigenvalue weighted by atomic mass is 10.1. The van der Waals surface area contributed by atoms with Gasteiger partial charge in [-0.05, 0) is 30.7 Å². The molecule has 0 radical (unpaired) electrons. The molecule has 0 aliphatic heterocycles. The summed E-state index contributed by atoms with van der Waals surface area (Å²) in [5.74, 6) is -0.512. The minimum Gasteiger partial charge on any atom is -0.491 e. The fourth-order valence-corrected chi connectivity index (χ4v) is 3.54. The molecule has 0 unspecified atom stereocenters. The minimum atomic E-state index is -0.457. The molecule has 0 fully saturated rings. The normalized spacial score (nSPS) is 10.9. The van der Waals surface area contributed by atoms with Gasteiger partial charge in [0.15, 0.2) is 11.6 Å². The minimum absolute atomic E-state index is 0.0421. The van der Waals surface area contributed by atoms with Gasteiger partial charge in [0.2, 0.25) is 5.91 Å². The van der Waals surface area contributed by atoms with Crippen LogP contribution < -0.4 is 10.1 Å². The summed E-state index contributed by atoms with van der Waals surface area (Å²) in [6, 6.07) is 10.5. The maximum Gasteiger partial charge on any atom is 0.228 e. The topological polar surface area (TPSA) is 51.2 Å². The van der Waals surface area contributed by atoms with Crippen LogP contribution in [-0.4, -0.2) is 17.5 Å². The Morgan fingerprint density at radius 2 is 2.11 bits per heavy atom. The van der Waals surface area contributed by atoms with Crippen molar-refractivity contribution in [2.75, 3.05) is 11.9 Å². The van der Waals surface area contributed by atoms with E-state index in [1.165, 1.54) is 11.3 Å². The summed E-state index contributed by atoms with van der Waals surface area (Å²) >= 11 is 1.51. The van der Waals surface area contributed by atoms with E-state index in [-0.39, 0.29) is 18.1 Å². The molecule has 0 bridgehead atoms. The number of hydrogen-bond donors (Lipinski definition) is 1. The van der Waals surface area contributed by atoms with E-state index in [2.05, 4.69) is 17.2 Å². The van der Waals surface area contributed by atoms with Gasteiger partial charge in [0.25, 0.3) is 0 Å². The molecule has 1 aromatic heterocycles. The van der Waals surface area contributed by atoms with Crippen LogP contribution in [0.2, 0.25) is 0 Å². The van der Waals surface area contributed by atoms with Crippen LogP contribution in [0.4, 0.5) is 10.1 Å². The number of carbonyl (C=O) groups is 1. The standard InChI is InChI=1S/C21H23FN2O2S/c1-2-3-4-5-11-26-18-8-6-7-15(21(18)22)12-20(25)24-16-9-10-17-19(13-16)27-14-23-17/h6-10,13-14H,2-5,11-12H2,1H3,(H,24,25). The van der Waals surface area contributed by atoms with Crippen molar-refractivity contribution in [1.29, 1.82) is 0 Å². The highest BCUT2D eigenvalue weighted by atomic mass is 32.1. The van der Waals surface area contributed by atoms with Crippen molar-refractivity contribution in [2.24, 2.45) is 0 Å². The quantitative estimate of drug-likeness (QED) is 0.489. The summed E-state index contributed by atoms with van der Waals surface area (Å²) in [5.41, 5.74) is 3.67. The predicted octanol–water partition coefficient (Wildman–Crippen LogP) is 5.58. The number of amides is 1. The number of aromatic nitrogens is 1. The molecule has 27 heavy (non-hydrogen) atoms. The van der Waals surface area contributed by atoms with Crippen LogP contribution in [0.3, 0.4) is 0 Å². The molecule has 3 aromatic rings. The van der Waals surface area contributed by atoms with Crippen LogP contribution in [0.5, 0.6) is 5.75 Å². The van der Waals surface area contributed by atoms with Crippen molar-refractivity contribution in [1.82, 2.24) is 4.98 Å². The monoisotopic (exact) mass is 386 g/mol. The van der Waals surface area contributed by atoms with Gasteiger partial charge in [-0.3, -0.25) is 4.79 Å². The Bertz CT molecular complexity index is 910. The maximum atomic E-state index is 14.6. The second-order valence-electron chi connectivity index (χ2n) is 6.40. The smallest absolute Gasteiger partial charge is 0.228 e. The van der Waals surface area contributed by atoms with Gasteiger partial charge >= 0.3 is 0 Å². The van der Waals surface area contributed by atoms with Crippen molar-refractivity contribution < 1.29 is 13.9 Å². The molecule has 3 rings (SSSR count). The summed E-state index contributed by atoms with van der Waals surface area (Å²) in [4.78, 5) is 16.5. The number of nitrogens with zero attached hydrogens (tertiary/aromatic N) is 1. The first-order chi connectivity index (χ1) is 13.2. The Morgan fingerprint density at radius 1 is 1.22 bits per heavy atom. The first-order valence-corrected chi connectivity index (χ1v) is 10.1. The average Bonchev–Trinajstić information content (AvgIpc) is 3.12. The van der Waals surface area contributed by atoms with Crippen LogP contribution in [-0.2, 0) is 11.2 Å². The molecule has 1 N–H and O–H groups in total. The highest BCUT2D eigenvalue weighted by Gasteiger charge is 2.13. The first-order valence-electron chi connectivity index (χ1n) is 9.20. The highest BCUT2D eigenvalue weighted by Crippen LogP contribution is 2.24. The first kappa shape index (κ1) is 19.3. The molecule has 0 aliphatic carbocycles. The SMILES string of the molecule is CCCCCCOc1cccc(CC(=O)Nc2ccc3ncsc3c2)c1F. The van der Waals surface area contributed by atoms with E-state index in [1.54, 1.807) is 29.8 Å². The Hall–Kier alpha value is -2.47. The molecule has 0 saturated heterocycles. The van der Waals surface area contributed by atoms with Crippen molar-refractivity contribution in [3.63, 3.8) is 0 Å². The fourth-order valence-electron chi connectivity index (χ4n) is 2.83. The van der Waals surface area contributed by atoms with Gasteiger partial charge in [0, 0.05) is 11.3 Å². The van der Waals surface area contributed by atoms with Crippen molar-refractivity contribution >= 4 is 33.1 Å². The van der Waals surface area contributed by atoms with E-state index < -0.39 is 5.82 Å². The molecule has 1 amide bonds. The maximum absolute atomic E-state index is 14.6. The van der Waals surface area contributed by atoms with Gasteiger partial charge in [0.05, 0.1) is 28.8 Å². The largest absolute Gasteiger partial charge is 0.491 e. The molecule has 0 aliphatic rings. The van der Waals surface area contributed by atoms with E-state index in [9.17, 15) is 9.18 Å². The summed E-state index contributed by atoms with van der Waals surface area (Å²) in [6.07, 6.45) is 4.23. The molecule has 1 heterocycles. The number of hydrogen-bond acceptors (Lipinski definition) is 4. The zero-order valence-electron chi connectivity index (χ0n) is 15.3. The molecule has 0 saturated carbocycles. The third-order valence-corrected chi connectivity index (χ3v) is 5.06. The van der Waals surface area contributed by atoms with Crippen molar-refractivity contribution in [2.45, 2.75) is 39.0 Å². The Kier molecular flexibility index (Phi) is 6.76. The van der Waals surface area contributed by atoms with E-state index in [1.807, 2.05) is 12.1 Å². The summed E-state index contributed by atoms with van der Waals surface area (Å²) < 4.78 is 21.2. The fraction of sp³-hybridized carbons (Fsp3) is 0.333. The van der Waals surface area contributed by atoms with Gasteiger partial charge in [-0.15, -0.1) is 11.3 Å². The van der Waals surface area contributed by atoms with E-state index in [4.69, 9.17) is 4.74 Å².